The zero-order chi connectivity index (χ0) is 12.8. The first-order chi connectivity index (χ1) is 8.02. The van der Waals surface area contributed by atoms with Crippen LogP contribution in [0.5, 0.6) is 0 Å². The molecule has 94 valence electrons. The number of carbonyl (C=O) groups excluding carboxylic acids is 1. The summed E-state index contributed by atoms with van der Waals surface area (Å²) in [6, 6.07) is 2.94. The van der Waals surface area contributed by atoms with Crippen molar-refractivity contribution in [1.82, 2.24) is 0 Å². The van der Waals surface area contributed by atoms with E-state index in [-0.39, 0.29) is 23.9 Å². The summed E-state index contributed by atoms with van der Waals surface area (Å²) in [7, 11) is 0. The molecule has 0 spiro atoms. The predicted octanol–water partition coefficient (Wildman–Crippen LogP) is 2.28. The van der Waals surface area contributed by atoms with Crippen LogP contribution in [0.4, 0.5) is 14.5 Å². The molecule has 0 aromatic heterocycles. The Bertz CT molecular complexity index is 396. The van der Waals surface area contributed by atoms with Gasteiger partial charge in [0, 0.05) is 12.5 Å². The van der Waals surface area contributed by atoms with E-state index in [0.717, 1.165) is 18.2 Å². The maximum absolute atomic E-state index is 13.2. The van der Waals surface area contributed by atoms with Gasteiger partial charge in [0.1, 0.15) is 11.6 Å². The van der Waals surface area contributed by atoms with E-state index in [1.165, 1.54) is 0 Å². The number of carbonyl (C=O) groups is 1. The van der Waals surface area contributed by atoms with Gasteiger partial charge in [0.05, 0.1) is 5.69 Å². The Kier molecular flexibility index (Phi) is 5.03. The van der Waals surface area contributed by atoms with Crippen LogP contribution >= 0.6 is 0 Å². The highest BCUT2D eigenvalue weighted by molar-refractivity contribution is 5.90. The molecule has 3 nitrogen and oxygen atoms in total. The van der Waals surface area contributed by atoms with Crippen molar-refractivity contribution in [1.29, 1.82) is 0 Å². The summed E-state index contributed by atoms with van der Waals surface area (Å²) < 4.78 is 26.0. The third-order valence-corrected chi connectivity index (χ3v) is 2.47. The zero-order valence-corrected chi connectivity index (χ0v) is 9.67. The fourth-order valence-electron chi connectivity index (χ4n) is 1.30. The molecule has 0 bridgehead atoms. The molecule has 1 atom stereocenters. The molecule has 17 heavy (non-hydrogen) atoms. The number of amides is 1. The first kappa shape index (κ1) is 13.6. The summed E-state index contributed by atoms with van der Waals surface area (Å²) in [6.45, 7) is 2.43. The van der Waals surface area contributed by atoms with Crippen molar-refractivity contribution in [2.75, 3.05) is 11.9 Å². The SMILES string of the molecule is CC(CN)CCC(=O)Nc1cc(F)ccc1F. The molecule has 1 amide bonds. The Morgan fingerprint density at radius 1 is 1.47 bits per heavy atom. The summed E-state index contributed by atoms with van der Waals surface area (Å²) in [5.41, 5.74) is 5.28. The van der Waals surface area contributed by atoms with Crippen LogP contribution < -0.4 is 11.1 Å². The van der Waals surface area contributed by atoms with Gasteiger partial charge in [-0.1, -0.05) is 6.92 Å². The summed E-state index contributed by atoms with van der Waals surface area (Å²) in [5, 5.41) is 2.34. The van der Waals surface area contributed by atoms with Crippen molar-refractivity contribution in [3.05, 3.63) is 29.8 Å². The molecule has 3 N–H and O–H groups in total. The lowest BCUT2D eigenvalue weighted by Gasteiger charge is -2.09. The molecular formula is C12H16F2N2O. The van der Waals surface area contributed by atoms with E-state index in [0.29, 0.717) is 13.0 Å². The van der Waals surface area contributed by atoms with Gasteiger partial charge in [0.25, 0.3) is 0 Å². The molecule has 0 saturated heterocycles. The molecule has 0 aliphatic rings. The first-order valence-electron chi connectivity index (χ1n) is 5.48. The largest absolute Gasteiger partial charge is 0.330 e. The topological polar surface area (TPSA) is 55.1 Å². The average Bonchev–Trinajstić information content (AvgIpc) is 2.30. The van der Waals surface area contributed by atoms with E-state index < -0.39 is 11.6 Å². The molecule has 1 rings (SSSR count). The first-order valence-corrected chi connectivity index (χ1v) is 5.48. The lowest BCUT2D eigenvalue weighted by atomic mass is 10.1. The molecule has 0 radical (unpaired) electrons. The fourth-order valence-corrected chi connectivity index (χ4v) is 1.30. The fraction of sp³-hybridized carbons (Fsp3) is 0.417. The quantitative estimate of drug-likeness (QED) is 0.832. The lowest BCUT2D eigenvalue weighted by molar-refractivity contribution is -0.116. The molecule has 5 heteroatoms. The molecule has 0 heterocycles. The number of nitrogens with one attached hydrogen (secondary N) is 1. The minimum absolute atomic E-state index is 0.129. The number of hydrogen-bond donors (Lipinski definition) is 2. The van der Waals surface area contributed by atoms with Crippen LogP contribution in [0.15, 0.2) is 18.2 Å². The van der Waals surface area contributed by atoms with E-state index >= 15 is 0 Å². The smallest absolute Gasteiger partial charge is 0.224 e. The molecule has 0 aliphatic carbocycles. The second kappa shape index (κ2) is 6.30. The molecule has 1 aromatic carbocycles. The molecule has 1 unspecified atom stereocenters. The van der Waals surface area contributed by atoms with Gasteiger partial charge >= 0.3 is 0 Å². The van der Waals surface area contributed by atoms with Gasteiger partial charge in [-0.15, -0.1) is 0 Å². The molecule has 0 aliphatic heterocycles. The van der Waals surface area contributed by atoms with Crippen LogP contribution in [0.2, 0.25) is 0 Å². The number of hydrogen-bond acceptors (Lipinski definition) is 2. The highest BCUT2D eigenvalue weighted by Crippen LogP contribution is 2.16. The maximum Gasteiger partial charge on any atom is 0.224 e. The van der Waals surface area contributed by atoms with Crippen LogP contribution in [-0.4, -0.2) is 12.5 Å². The summed E-state index contributed by atoms with van der Waals surface area (Å²) in [4.78, 5) is 11.5. The maximum atomic E-state index is 13.2. The summed E-state index contributed by atoms with van der Waals surface area (Å²) >= 11 is 0. The third kappa shape index (κ3) is 4.48. The third-order valence-electron chi connectivity index (χ3n) is 2.47. The molecule has 0 fully saturated rings. The van der Waals surface area contributed by atoms with Crippen molar-refractivity contribution >= 4 is 11.6 Å². The van der Waals surface area contributed by atoms with Gasteiger partial charge in [0.15, 0.2) is 0 Å². The minimum atomic E-state index is -0.647. The summed E-state index contributed by atoms with van der Waals surface area (Å²) in [5.74, 6) is -1.34. The van der Waals surface area contributed by atoms with Gasteiger partial charge < -0.3 is 11.1 Å². The number of rotatable bonds is 5. The Hall–Kier alpha value is -1.49. The number of nitrogens with two attached hydrogens (primary N) is 1. The van der Waals surface area contributed by atoms with E-state index in [9.17, 15) is 13.6 Å². The van der Waals surface area contributed by atoms with E-state index in [1.54, 1.807) is 0 Å². The van der Waals surface area contributed by atoms with Gasteiger partial charge in [-0.05, 0) is 31.0 Å². The van der Waals surface area contributed by atoms with Crippen LogP contribution in [-0.2, 0) is 4.79 Å². The van der Waals surface area contributed by atoms with Crippen molar-refractivity contribution in [2.24, 2.45) is 11.7 Å². The van der Waals surface area contributed by atoms with Crippen LogP contribution in [0.3, 0.4) is 0 Å². The van der Waals surface area contributed by atoms with Gasteiger partial charge in [-0.2, -0.15) is 0 Å². The Labute approximate surface area is 99.0 Å². The van der Waals surface area contributed by atoms with Gasteiger partial charge in [-0.25, -0.2) is 8.78 Å². The minimum Gasteiger partial charge on any atom is -0.330 e. The monoisotopic (exact) mass is 242 g/mol. The van der Waals surface area contributed by atoms with E-state index in [2.05, 4.69) is 5.32 Å². The van der Waals surface area contributed by atoms with Crippen LogP contribution in [0.1, 0.15) is 19.8 Å². The number of halogens is 2. The van der Waals surface area contributed by atoms with Gasteiger partial charge in [-0.3, -0.25) is 4.79 Å². The zero-order valence-electron chi connectivity index (χ0n) is 9.67. The lowest BCUT2D eigenvalue weighted by Crippen LogP contribution is -2.17. The van der Waals surface area contributed by atoms with E-state index in [1.807, 2.05) is 6.92 Å². The number of benzene rings is 1. The Morgan fingerprint density at radius 3 is 2.82 bits per heavy atom. The highest BCUT2D eigenvalue weighted by atomic mass is 19.1. The molecule has 0 saturated carbocycles. The standard InChI is InChI=1S/C12H16F2N2O/c1-8(7-15)2-5-12(17)16-11-6-9(13)3-4-10(11)14/h3-4,6,8H,2,5,7,15H2,1H3,(H,16,17). The molecular weight excluding hydrogens is 226 g/mol. The highest BCUT2D eigenvalue weighted by Gasteiger charge is 2.09. The predicted molar refractivity (Wildman–Crippen MR) is 62.4 cm³/mol. The van der Waals surface area contributed by atoms with Gasteiger partial charge in [0.2, 0.25) is 5.91 Å². The second-order valence-electron chi connectivity index (χ2n) is 4.05. The van der Waals surface area contributed by atoms with Crippen molar-refractivity contribution in [3.63, 3.8) is 0 Å². The average molecular weight is 242 g/mol. The van der Waals surface area contributed by atoms with Crippen LogP contribution in [0, 0.1) is 17.6 Å². The summed E-state index contributed by atoms with van der Waals surface area (Å²) in [6.07, 6.45) is 0.869. The molecule has 1 aromatic rings. The van der Waals surface area contributed by atoms with Crippen LogP contribution in [0.25, 0.3) is 0 Å². The van der Waals surface area contributed by atoms with Crippen molar-refractivity contribution in [2.45, 2.75) is 19.8 Å². The Morgan fingerprint density at radius 2 is 2.18 bits per heavy atom. The Balaban J connectivity index is 2.53. The van der Waals surface area contributed by atoms with Crippen molar-refractivity contribution in [3.8, 4) is 0 Å². The van der Waals surface area contributed by atoms with E-state index in [4.69, 9.17) is 5.73 Å². The normalized spacial score (nSPS) is 12.2. The number of anilines is 1. The van der Waals surface area contributed by atoms with Crippen molar-refractivity contribution < 1.29 is 13.6 Å². The second-order valence-corrected chi connectivity index (χ2v) is 4.05.